The number of esters is 1. The molecule has 1 aromatic heterocycles. The molecule has 0 aromatic carbocycles. The quantitative estimate of drug-likeness (QED) is 0.848. The zero-order chi connectivity index (χ0) is 13.9. The van der Waals surface area contributed by atoms with Crippen molar-refractivity contribution in [3.8, 4) is 6.07 Å². The summed E-state index contributed by atoms with van der Waals surface area (Å²) in [5.74, 6) is 0.105. The van der Waals surface area contributed by atoms with E-state index in [4.69, 9.17) is 10.00 Å². The van der Waals surface area contributed by atoms with Crippen LogP contribution in [-0.4, -0.2) is 17.6 Å². The van der Waals surface area contributed by atoms with Gasteiger partial charge in [-0.15, -0.1) is 0 Å². The lowest BCUT2D eigenvalue weighted by Crippen LogP contribution is -2.25. The Kier molecular flexibility index (Phi) is 3.94. The van der Waals surface area contributed by atoms with Gasteiger partial charge >= 0.3 is 5.97 Å². The molecule has 1 fully saturated rings. The van der Waals surface area contributed by atoms with Crippen LogP contribution >= 0.6 is 0 Å². The van der Waals surface area contributed by atoms with E-state index in [0.717, 1.165) is 12.8 Å². The number of hydrogen-bond acceptors (Lipinski definition) is 3. The molecule has 4 nitrogen and oxygen atoms in total. The number of hydrogen-bond donors (Lipinski definition) is 1. The molecule has 0 aliphatic heterocycles. The third-order valence-corrected chi connectivity index (χ3v) is 3.94. The number of nitrogens with zero attached hydrogens (tertiary/aromatic N) is 1. The first-order valence-electron chi connectivity index (χ1n) is 6.76. The van der Waals surface area contributed by atoms with E-state index in [0.29, 0.717) is 29.2 Å². The summed E-state index contributed by atoms with van der Waals surface area (Å²) in [7, 11) is 0. The highest BCUT2D eigenvalue weighted by molar-refractivity contribution is 5.87. The molecule has 4 heteroatoms. The predicted octanol–water partition coefficient (Wildman–Crippen LogP) is 3.26. The van der Waals surface area contributed by atoms with Crippen LogP contribution in [0.15, 0.2) is 12.3 Å². The summed E-state index contributed by atoms with van der Waals surface area (Å²) < 4.78 is 5.31. The molecule has 1 aliphatic carbocycles. The van der Waals surface area contributed by atoms with Gasteiger partial charge in [0.05, 0.1) is 12.2 Å². The van der Waals surface area contributed by atoms with Crippen molar-refractivity contribution in [3.63, 3.8) is 0 Å². The maximum absolute atomic E-state index is 11.8. The molecule has 0 atom stereocenters. The van der Waals surface area contributed by atoms with Crippen LogP contribution in [0.1, 0.15) is 55.6 Å². The fraction of sp³-hybridized carbons (Fsp3) is 0.600. The number of aromatic nitrogens is 1. The Bertz CT molecular complexity index is 486. The Morgan fingerprint density at radius 3 is 2.79 bits per heavy atom. The van der Waals surface area contributed by atoms with Crippen molar-refractivity contribution in [1.82, 2.24) is 4.98 Å². The van der Waals surface area contributed by atoms with E-state index in [-0.39, 0.29) is 5.97 Å². The van der Waals surface area contributed by atoms with Gasteiger partial charge in [-0.3, -0.25) is 0 Å². The average molecular weight is 260 g/mol. The highest BCUT2D eigenvalue weighted by Gasteiger charge is 2.27. The maximum atomic E-state index is 11.8. The van der Waals surface area contributed by atoms with E-state index < -0.39 is 0 Å². The monoisotopic (exact) mass is 260 g/mol. The molecule has 1 saturated carbocycles. The second-order valence-corrected chi connectivity index (χ2v) is 6.12. The summed E-state index contributed by atoms with van der Waals surface area (Å²) in [5, 5.41) is 8.69. The summed E-state index contributed by atoms with van der Waals surface area (Å²) in [6, 6.07) is 3.50. The number of ether oxygens (including phenoxy) is 1. The third kappa shape index (κ3) is 3.60. The predicted molar refractivity (Wildman–Crippen MR) is 71.5 cm³/mol. The molecule has 0 saturated heterocycles. The lowest BCUT2D eigenvalue weighted by molar-refractivity contribution is 0.0362. The van der Waals surface area contributed by atoms with Crippen molar-refractivity contribution >= 4 is 5.97 Å². The van der Waals surface area contributed by atoms with Crippen LogP contribution in [0.25, 0.3) is 0 Å². The number of rotatable bonds is 3. The number of carbonyl (C=O) groups is 1. The SMILES string of the molecule is CC1(C)CCC(COC(=O)c2cc(C#N)c[nH]2)CC1. The molecule has 19 heavy (non-hydrogen) atoms. The second-order valence-electron chi connectivity index (χ2n) is 6.12. The zero-order valence-corrected chi connectivity index (χ0v) is 11.5. The highest BCUT2D eigenvalue weighted by atomic mass is 16.5. The minimum absolute atomic E-state index is 0.354. The molecular weight excluding hydrogens is 240 g/mol. The molecule has 102 valence electrons. The summed E-state index contributed by atoms with van der Waals surface area (Å²) in [6.45, 7) is 5.06. The summed E-state index contributed by atoms with van der Waals surface area (Å²) in [4.78, 5) is 14.5. The Balaban J connectivity index is 1.80. The average Bonchev–Trinajstić information content (AvgIpc) is 2.86. The molecule has 1 aliphatic rings. The summed E-state index contributed by atoms with van der Waals surface area (Å²) in [5.41, 5.74) is 1.24. The van der Waals surface area contributed by atoms with Gasteiger partial charge in [0.1, 0.15) is 11.8 Å². The first kappa shape index (κ1) is 13.7. The van der Waals surface area contributed by atoms with Crippen molar-refractivity contribution < 1.29 is 9.53 Å². The van der Waals surface area contributed by atoms with Crippen molar-refractivity contribution in [2.24, 2.45) is 11.3 Å². The lowest BCUT2D eigenvalue weighted by atomic mass is 9.73. The number of H-pyrrole nitrogens is 1. The van der Waals surface area contributed by atoms with E-state index in [9.17, 15) is 4.79 Å². The Labute approximate surface area is 113 Å². The van der Waals surface area contributed by atoms with E-state index in [2.05, 4.69) is 18.8 Å². The zero-order valence-electron chi connectivity index (χ0n) is 11.5. The van der Waals surface area contributed by atoms with E-state index in [1.807, 2.05) is 6.07 Å². The van der Waals surface area contributed by atoms with Crippen LogP contribution in [0.3, 0.4) is 0 Å². The first-order valence-corrected chi connectivity index (χ1v) is 6.76. The fourth-order valence-electron chi connectivity index (χ4n) is 2.47. The highest BCUT2D eigenvalue weighted by Crippen LogP contribution is 2.37. The van der Waals surface area contributed by atoms with Gasteiger partial charge in [-0.1, -0.05) is 13.8 Å². The Morgan fingerprint density at radius 1 is 1.53 bits per heavy atom. The number of nitriles is 1. The topological polar surface area (TPSA) is 65.9 Å². The van der Waals surface area contributed by atoms with E-state index in [1.54, 1.807) is 0 Å². The van der Waals surface area contributed by atoms with Crippen molar-refractivity contribution in [3.05, 3.63) is 23.5 Å². The molecular formula is C15H20N2O2. The molecule has 0 spiro atoms. The molecule has 0 radical (unpaired) electrons. The van der Waals surface area contributed by atoms with Crippen LogP contribution in [-0.2, 0) is 4.74 Å². The van der Waals surface area contributed by atoms with Gasteiger partial charge in [-0.2, -0.15) is 5.26 Å². The van der Waals surface area contributed by atoms with Gasteiger partial charge in [0.25, 0.3) is 0 Å². The maximum Gasteiger partial charge on any atom is 0.354 e. The third-order valence-electron chi connectivity index (χ3n) is 3.94. The lowest BCUT2D eigenvalue weighted by Gasteiger charge is -2.33. The van der Waals surface area contributed by atoms with E-state index >= 15 is 0 Å². The molecule has 2 rings (SSSR count). The van der Waals surface area contributed by atoms with Gasteiger partial charge in [0, 0.05) is 6.20 Å². The summed E-state index contributed by atoms with van der Waals surface area (Å²) >= 11 is 0. The van der Waals surface area contributed by atoms with Gasteiger partial charge < -0.3 is 9.72 Å². The first-order chi connectivity index (χ1) is 9.00. The molecule has 0 bridgehead atoms. The normalized spacial score (nSPS) is 18.8. The van der Waals surface area contributed by atoms with Crippen LogP contribution in [0, 0.1) is 22.7 Å². The number of aromatic amines is 1. The Morgan fingerprint density at radius 2 is 2.21 bits per heavy atom. The Hall–Kier alpha value is -1.76. The van der Waals surface area contributed by atoms with Gasteiger partial charge in [-0.25, -0.2) is 4.79 Å². The van der Waals surface area contributed by atoms with Gasteiger partial charge in [0.2, 0.25) is 0 Å². The molecule has 1 aromatic rings. The van der Waals surface area contributed by atoms with Crippen molar-refractivity contribution in [2.75, 3.05) is 6.61 Å². The second kappa shape index (κ2) is 5.48. The van der Waals surface area contributed by atoms with Crippen molar-refractivity contribution in [1.29, 1.82) is 5.26 Å². The molecule has 0 unspecified atom stereocenters. The number of carbonyl (C=O) groups excluding carboxylic acids is 1. The fourth-order valence-corrected chi connectivity index (χ4v) is 2.47. The smallest absolute Gasteiger partial charge is 0.354 e. The molecule has 1 N–H and O–H groups in total. The van der Waals surface area contributed by atoms with E-state index in [1.165, 1.54) is 25.1 Å². The van der Waals surface area contributed by atoms with Gasteiger partial charge in [0.15, 0.2) is 0 Å². The number of nitrogens with one attached hydrogen (secondary N) is 1. The van der Waals surface area contributed by atoms with Gasteiger partial charge in [-0.05, 0) is 43.1 Å². The van der Waals surface area contributed by atoms with Crippen LogP contribution in [0.2, 0.25) is 0 Å². The van der Waals surface area contributed by atoms with Crippen LogP contribution in [0.4, 0.5) is 0 Å². The molecule has 1 heterocycles. The van der Waals surface area contributed by atoms with Crippen LogP contribution < -0.4 is 0 Å². The minimum Gasteiger partial charge on any atom is -0.461 e. The minimum atomic E-state index is -0.369. The molecule has 0 amide bonds. The largest absolute Gasteiger partial charge is 0.461 e. The van der Waals surface area contributed by atoms with Crippen LogP contribution in [0.5, 0.6) is 0 Å². The standard InChI is InChI=1S/C15H20N2O2/c1-15(2)5-3-11(4-6-15)10-19-14(18)13-7-12(8-16)9-17-13/h7,9,11,17H,3-6,10H2,1-2H3. The summed E-state index contributed by atoms with van der Waals surface area (Å²) in [6.07, 6.45) is 6.13. The van der Waals surface area contributed by atoms with Crippen molar-refractivity contribution in [2.45, 2.75) is 39.5 Å².